The summed E-state index contributed by atoms with van der Waals surface area (Å²) in [5.74, 6) is 6.76. The maximum Gasteiger partial charge on any atom is 0.305 e. The molecule has 2 fully saturated rings. The fourth-order valence-electron chi connectivity index (χ4n) is 4.53. The third-order valence-electron chi connectivity index (χ3n) is 6.06. The Bertz CT molecular complexity index is 586. The molecule has 0 aromatic carbocycles. The van der Waals surface area contributed by atoms with Crippen molar-refractivity contribution in [3.63, 3.8) is 0 Å². The summed E-state index contributed by atoms with van der Waals surface area (Å²) in [6, 6.07) is 0. The molecule has 2 aliphatic carbocycles. The van der Waals surface area contributed by atoms with Gasteiger partial charge in [0.15, 0.2) is 0 Å². The van der Waals surface area contributed by atoms with E-state index in [0.717, 1.165) is 51.4 Å². The Morgan fingerprint density at radius 3 is 2.71 bits per heavy atom. The van der Waals surface area contributed by atoms with E-state index in [1.165, 1.54) is 12.7 Å². The van der Waals surface area contributed by atoms with Crippen LogP contribution < -0.4 is 0 Å². The molecule has 6 atom stereocenters. The molecule has 0 heterocycles. The Kier molecular flexibility index (Phi) is 9.50. The lowest BCUT2D eigenvalue weighted by atomic mass is 9.91. The van der Waals surface area contributed by atoms with Gasteiger partial charge in [-0.3, -0.25) is 4.79 Å². The van der Waals surface area contributed by atoms with Gasteiger partial charge in [0.2, 0.25) is 0 Å². The van der Waals surface area contributed by atoms with Crippen molar-refractivity contribution < 1.29 is 24.9 Å². The van der Waals surface area contributed by atoms with Crippen LogP contribution in [0.2, 0.25) is 0 Å². The third kappa shape index (κ3) is 7.24. The van der Waals surface area contributed by atoms with Crippen molar-refractivity contribution in [2.75, 3.05) is 7.11 Å². The number of unbranched alkanes of at least 4 members (excludes halogenated alkanes) is 2. The number of aliphatic hydroxyl groups excluding tert-OH is 3. The Hall–Kier alpha value is -1.35. The molecular weight excluding hydrogens is 356 g/mol. The number of rotatable bonds is 9. The number of carbonyl (C=O) groups excluding carboxylic acids is 1. The predicted molar refractivity (Wildman–Crippen MR) is 108 cm³/mol. The van der Waals surface area contributed by atoms with Gasteiger partial charge in [-0.15, -0.1) is 0 Å². The number of methoxy groups -OCH3 is 1. The Labute approximate surface area is 169 Å². The summed E-state index contributed by atoms with van der Waals surface area (Å²) in [6.45, 7) is 1.78. The molecule has 2 rings (SSSR count). The van der Waals surface area contributed by atoms with Crippen LogP contribution in [-0.4, -0.2) is 46.7 Å². The molecule has 0 aromatic rings. The molecule has 2 aliphatic rings. The zero-order valence-corrected chi connectivity index (χ0v) is 17.3. The fourth-order valence-corrected chi connectivity index (χ4v) is 4.53. The maximum absolute atomic E-state index is 11.2. The van der Waals surface area contributed by atoms with Crippen molar-refractivity contribution >= 4 is 5.97 Å². The number of allylic oxidation sites excluding steroid dienone is 2. The second-order valence-corrected chi connectivity index (χ2v) is 8.43. The first-order chi connectivity index (χ1) is 13.4. The molecule has 0 aliphatic heterocycles. The van der Waals surface area contributed by atoms with Gasteiger partial charge in [-0.05, 0) is 70.1 Å². The molecule has 5 nitrogen and oxygen atoms in total. The molecule has 28 heavy (non-hydrogen) atoms. The first-order valence-corrected chi connectivity index (χ1v) is 10.7. The molecule has 0 radical (unpaired) electrons. The number of fused-ring (bicyclic) bond motifs is 1. The summed E-state index contributed by atoms with van der Waals surface area (Å²) in [7, 11) is 1.41. The number of ether oxygens (including phenoxy) is 1. The van der Waals surface area contributed by atoms with Crippen molar-refractivity contribution in [2.24, 2.45) is 17.8 Å². The summed E-state index contributed by atoms with van der Waals surface area (Å²) in [6.07, 6.45) is 8.89. The average molecular weight is 393 g/mol. The minimum Gasteiger partial charge on any atom is -0.469 e. The van der Waals surface area contributed by atoms with E-state index in [1.807, 2.05) is 0 Å². The highest BCUT2D eigenvalue weighted by Gasteiger charge is 2.45. The zero-order chi connectivity index (χ0) is 20.5. The van der Waals surface area contributed by atoms with Gasteiger partial charge in [-0.2, -0.15) is 0 Å². The van der Waals surface area contributed by atoms with E-state index in [-0.39, 0.29) is 18.0 Å². The molecule has 0 spiro atoms. The van der Waals surface area contributed by atoms with Crippen molar-refractivity contribution in [1.82, 2.24) is 0 Å². The van der Waals surface area contributed by atoms with E-state index in [9.17, 15) is 20.1 Å². The molecule has 3 N–H and O–H groups in total. The number of carbonyl (C=O) groups is 1. The number of hydrogen-bond donors (Lipinski definition) is 3. The van der Waals surface area contributed by atoms with E-state index in [1.54, 1.807) is 6.92 Å². The van der Waals surface area contributed by atoms with Crippen LogP contribution in [0.25, 0.3) is 0 Å². The second-order valence-electron chi connectivity index (χ2n) is 8.43. The molecule has 158 valence electrons. The van der Waals surface area contributed by atoms with E-state index >= 15 is 0 Å². The van der Waals surface area contributed by atoms with Crippen LogP contribution in [0.15, 0.2) is 11.6 Å². The van der Waals surface area contributed by atoms with Crippen LogP contribution in [0.3, 0.4) is 0 Å². The summed E-state index contributed by atoms with van der Waals surface area (Å²) in [5, 5.41) is 29.7. The lowest BCUT2D eigenvalue weighted by molar-refractivity contribution is -0.140. The molecule has 0 saturated heterocycles. The van der Waals surface area contributed by atoms with E-state index in [0.29, 0.717) is 24.7 Å². The van der Waals surface area contributed by atoms with Gasteiger partial charge in [0.05, 0.1) is 19.3 Å². The third-order valence-corrected chi connectivity index (χ3v) is 6.06. The summed E-state index contributed by atoms with van der Waals surface area (Å²) in [4.78, 5) is 11.2. The summed E-state index contributed by atoms with van der Waals surface area (Å²) >= 11 is 0. The molecule has 0 amide bonds. The molecule has 0 aromatic heterocycles. The van der Waals surface area contributed by atoms with Crippen LogP contribution in [0.5, 0.6) is 0 Å². The highest BCUT2D eigenvalue weighted by atomic mass is 16.5. The molecular formula is C23H36O5. The molecule has 2 saturated carbocycles. The molecule has 0 bridgehead atoms. The first kappa shape index (κ1) is 22.9. The van der Waals surface area contributed by atoms with Gasteiger partial charge < -0.3 is 20.1 Å². The monoisotopic (exact) mass is 392 g/mol. The van der Waals surface area contributed by atoms with Gasteiger partial charge in [0, 0.05) is 12.3 Å². The predicted octanol–water partition coefficient (Wildman–Crippen LogP) is 2.97. The fraction of sp³-hybridized carbons (Fsp3) is 0.783. The largest absolute Gasteiger partial charge is 0.469 e. The molecule has 5 heteroatoms. The van der Waals surface area contributed by atoms with E-state index in [2.05, 4.69) is 22.7 Å². The van der Waals surface area contributed by atoms with Gasteiger partial charge in [0.1, 0.15) is 6.10 Å². The minimum atomic E-state index is -0.657. The van der Waals surface area contributed by atoms with Crippen LogP contribution in [0.4, 0.5) is 0 Å². The van der Waals surface area contributed by atoms with Crippen LogP contribution >= 0.6 is 0 Å². The first-order valence-electron chi connectivity index (χ1n) is 10.7. The topological polar surface area (TPSA) is 87.0 Å². The zero-order valence-electron chi connectivity index (χ0n) is 17.3. The highest BCUT2D eigenvalue weighted by Crippen LogP contribution is 2.49. The summed E-state index contributed by atoms with van der Waals surface area (Å²) in [5.41, 5.74) is 1.41. The average Bonchev–Trinajstić information content (AvgIpc) is 3.16. The Morgan fingerprint density at radius 2 is 2.00 bits per heavy atom. The van der Waals surface area contributed by atoms with Crippen molar-refractivity contribution in [1.29, 1.82) is 0 Å². The van der Waals surface area contributed by atoms with Crippen LogP contribution in [0, 0.1) is 29.6 Å². The Balaban J connectivity index is 1.79. The van der Waals surface area contributed by atoms with Crippen molar-refractivity contribution in [3.05, 3.63) is 11.6 Å². The molecule has 3 unspecified atom stereocenters. The van der Waals surface area contributed by atoms with Gasteiger partial charge in [-0.1, -0.05) is 29.9 Å². The Morgan fingerprint density at radius 1 is 1.25 bits per heavy atom. The van der Waals surface area contributed by atoms with E-state index < -0.39 is 12.2 Å². The number of aliphatic hydroxyl groups is 3. The van der Waals surface area contributed by atoms with Crippen LogP contribution in [-0.2, 0) is 9.53 Å². The smallest absolute Gasteiger partial charge is 0.305 e. The summed E-state index contributed by atoms with van der Waals surface area (Å²) < 4.78 is 4.66. The SMILES string of the molecule is COC(=O)CCCC=C1C[C@@H]2C[C@@H](O)C(C#CC(O)CCCCC(C)O)[C@@H]2C1. The van der Waals surface area contributed by atoms with Crippen molar-refractivity contribution in [2.45, 2.75) is 89.4 Å². The minimum absolute atomic E-state index is 0.0573. The lowest BCUT2D eigenvalue weighted by Gasteiger charge is -2.15. The van der Waals surface area contributed by atoms with Gasteiger partial charge in [0.25, 0.3) is 0 Å². The van der Waals surface area contributed by atoms with E-state index in [4.69, 9.17) is 0 Å². The van der Waals surface area contributed by atoms with Crippen molar-refractivity contribution in [3.8, 4) is 11.8 Å². The lowest BCUT2D eigenvalue weighted by Crippen LogP contribution is -2.18. The quantitative estimate of drug-likeness (QED) is 0.243. The maximum atomic E-state index is 11.2. The number of hydrogen-bond acceptors (Lipinski definition) is 5. The van der Waals surface area contributed by atoms with Gasteiger partial charge in [-0.25, -0.2) is 0 Å². The van der Waals surface area contributed by atoms with Crippen LogP contribution in [0.1, 0.15) is 71.1 Å². The normalized spacial score (nSPS) is 29.8. The number of esters is 1. The standard InChI is InChI=1S/C23H36O5/c1-16(24)7-3-5-9-19(25)11-12-20-21-14-17(13-18(21)15-22(20)26)8-4-6-10-23(27)28-2/h8,16,18-22,24-26H,3-7,9-10,13-15H2,1-2H3/t16?,18-,19?,20?,21-,22-/m1/s1. The highest BCUT2D eigenvalue weighted by molar-refractivity contribution is 5.69. The van der Waals surface area contributed by atoms with Gasteiger partial charge >= 0.3 is 5.97 Å². The second kappa shape index (κ2) is 11.6.